The third-order valence-corrected chi connectivity index (χ3v) is 4.77. The zero-order chi connectivity index (χ0) is 15.6. The number of sulfone groups is 1. The molecule has 0 spiro atoms. The molecule has 0 radical (unpaired) electrons. The molecule has 0 aromatic heterocycles. The van der Waals surface area contributed by atoms with Crippen LogP contribution in [0, 0.1) is 0 Å². The summed E-state index contributed by atoms with van der Waals surface area (Å²) in [5, 5.41) is 9.54. The van der Waals surface area contributed by atoms with Crippen LogP contribution in [0.3, 0.4) is 0 Å². The number of hydrogen-bond donors (Lipinski definition) is 1. The van der Waals surface area contributed by atoms with Crippen molar-refractivity contribution in [3.05, 3.63) is 0 Å². The van der Waals surface area contributed by atoms with Gasteiger partial charge in [0.15, 0.2) is 0 Å². The standard InChI is InChI=1S/C13H25NO5S/c1-10(15)9-14(12(16)19-13(2,3)4)11-5-7-20(17,18)8-6-11/h10-11,15H,5-9H2,1-4H3. The van der Waals surface area contributed by atoms with Crippen LogP contribution in [0.15, 0.2) is 0 Å². The largest absolute Gasteiger partial charge is 0.444 e. The van der Waals surface area contributed by atoms with Crippen molar-refractivity contribution in [2.45, 2.75) is 58.3 Å². The molecule has 1 rings (SSSR count). The van der Waals surface area contributed by atoms with Crippen molar-refractivity contribution in [1.29, 1.82) is 0 Å². The molecule has 1 N–H and O–H groups in total. The van der Waals surface area contributed by atoms with Crippen LogP contribution in [-0.2, 0) is 14.6 Å². The molecule has 0 bridgehead atoms. The lowest BCUT2D eigenvalue weighted by Gasteiger charge is -2.36. The second-order valence-electron chi connectivity index (χ2n) is 6.36. The highest BCUT2D eigenvalue weighted by Gasteiger charge is 2.33. The molecule has 0 aliphatic carbocycles. The van der Waals surface area contributed by atoms with Crippen molar-refractivity contribution in [2.75, 3.05) is 18.1 Å². The highest BCUT2D eigenvalue weighted by Crippen LogP contribution is 2.21. The highest BCUT2D eigenvalue weighted by molar-refractivity contribution is 7.91. The number of carbonyl (C=O) groups is 1. The van der Waals surface area contributed by atoms with E-state index in [-0.39, 0.29) is 24.1 Å². The zero-order valence-corrected chi connectivity index (χ0v) is 13.4. The summed E-state index contributed by atoms with van der Waals surface area (Å²) < 4.78 is 28.2. The predicted octanol–water partition coefficient (Wildman–Crippen LogP) is 1.18. The topological polar surface area (TPSA) is 83.9 Å². The van der Waals surface area contributed by atoms with Gasteiger partial charge in [-0.2, -0.15) is 0 Å². The maximum Gasteiger partial charge on any atom is 0.410 e. The molecule has 6 nitrogen and oxygen atoms in total. The minimum Gasteiger partial charge on any atom is -0.444 e. The van der Waals surface area contributed by atoms with Crippen molar-refractivity contribution in [1.82, 2.24) is 4.90 Å². The van der Waals surface area contributed by atoms with Crippen LogP contribution in [-0.4, -0.2) is 60.3 Å². The fourth-order valence-corrected chi connectivity index (χ4v) is 3.63. The molecular weight excluding hydrogens is 282 g/mol. The summed E-state index contributed by atoms with van der Waals surface area (Å²) in [5.74, 6) is 0.160. The number of ether oxygens (including phenoxy) is 1. The van der Waals surface area contributed by atoms with Gasteiger partial charge in [0.25, 0.3) is 0 Å². The van der Waals surface area contributed by atoms with Crippen LogP contribution in [0.4, 0.5) is 4.79 Å². The van der Waals surface area contributed by atoms with Gasteiger partial charge >= 0.3 is 6.09 Å². The lowest BCUT2D eigenvalue weighted by atomic mass is 10.1. The van der Waals surface area contributed by atoms with E-state index < -0.39 is 27.6 Å². The molecule has 1 aliphatic heterocycles. The first-order chi connectivity index (χ1) is 9.00. The Balaban J connectivity index is 2.77. The predicted molar refractivity (Wildman–Crippen MR) is 76.3 cm³/mol. The van der Waals surface area contributed by atoms with Crippen LogP contribution >= 0.6 is 0 Å². The molecule has 1 saturated heterocycles. The van der Waals surface area contributed by atoms with Crippen molar-refractivity contribution < 1.29 is 23.1 Å². The molecule has 1 amide bonds. The summed E-state index contributed by atoms with van der Waals surface area (Å²) in [6.45, 7) is 7.07. The minimum atomic E-state index is -2.98. The number of amides is 1. The molecule has 1 fully saturated rings. The van der Waals surface area contributed by atoms with Crippen molar-refractivity contribution in [3.63, 3.8) is 0 Å². The molecule has 0 saturated carbocycles. The summed E-state index contributed by atoms with van der Waals surface area (Å²) in [6, 6.07) is -0.192. The van der Waals surface area contributed by atoms with Crippen LogP contribution in [0.25, 0.3) is 0 Å². The summed E-state index contributed by atoms with van der Waals surface area (Å²) in [5.41, 5.74) is -0.616. The third-order valence-electron chi connectivity index (χ3n) is 3.05. The lowest BCUT2D eigenvalue weighted by molar-refractivity contribution is 0.00439. The molecule has 0 aromatic rings. The Morgan fingerprint density at radius 3 is 2.25 bits per heavy atom. The van der Waals surface area contributed by atoms with Gasteiger partial charge in [0.2, 0.25) is 0 Å². The maximum atomic E-state index is 12.2. The van der Waals surface area contributed by atoms with Gasteiger partial charge in [-0.15, -0.1) is 0 Å². The summed E-state index contributed by atoms with van der Waals surface area (Å²) in [4.78, 5) is 13.7. The average molecular weight is 307 g/mol. The quantitative estimate of drug-likeness (QED) is 0.846. The van der Waals surface area contributed by atoms with Gasteiger partial charge in [0.05, 0.1) is 17.6 Å². The lowest BCUT2D eigenvalue weighted by Crippen LogP contribution is -2.49. The third kappa shape index (κ3) is 5.66. The minimum absolute atomic E-state index is 0.0801. The van der Waals surface area contributed by atoms with Crippen molar-refractivity contribution >= 4 is 15.9 Å². The van der Waals surface area contributed by atoms with E-state index in [9.17, 15) is 18.3 Å². The Hall–Kier alpha value is -0.820. The van der Waals surface area contributed by atoms with E-state index in [4.69, 9.17) is 4.74 Å². The van der Waals surface area contributed by atoms with Crippen LogP contribution in [0.5, 0.6) is 0 Å². The molecule has 1 aliphatic rings. The van der Waals surface area contributed by atoms with E-state index in [2.05, 4.69) is 0 Å². The van der Waals surface area contributed by atoms with Crippen LogP contribution < -0.4 is 0 Å². The van der Waals surface area contributed by atoms with Gasteiger partial charge in [-0.3, -0.25) is 0 Å². The molecule has 1 unspecified atom stereocenters. The Labute approximate surface area is 121 Å². The Morgan fingerprint density at radius 2 is 1.85 bits per heavy atom. The molecule has 1 heterocycles. The smallest absolute Gasteiger partial charge is 0.410 e. The number of hydrogen-bond acceptors (Lipinski definition) is 5. The number of aliphatic hydroxyl groups excluding tert-OH is 1. The van der Waals surface area contributed by atoms with E-state index in [0.29, 0.717) is 12.8 Å². The fraction of sp³-hybridized carbons (Fsp3) is 0.923. The van der Waals surface area contributed by atoms with Gasteiger partial charge in [-0.05, 0) is 40.5 Å². The second-order valence-corrected chi connectivity index (χ2v) is 8.67. The Kier molecular flexibility index (Phi) is 5.43. The number of aliphatic hydroxyl groups is 1. The van der Waals surface area contributed by atoms with Gasteiger partial charge < -0.3 is 14.7 Å². The summed E-state index contributed by atoms with van der Waals surface area (Å²) in [6.07, 6.45) is -0.383. The van der Waals surface area contributed by atoms with Gasteiger partial charge in [0, 0.05) is 12.6 Å². The zero-order valence-electron chi connectivity index (χ0n) is 12.6. The summed E-state index contributed by atoms with van der Waals surface area (Å²) in [7, 11) is -2.98. The molecule has 0 aromatic carbocycles. The molecular formula is C13H25NO5S. The monoisotopic (exact) mass is 307 g/mol. The van der Waals surface area contributed by atoms with E-state index >= 15 is 0 Å². The highest BCUT2D eigenvalue weighted by atomic mass is 32.2. The van der Waals surface area contributed by atoms with Crippen LogP contribution in [0.1, 0.15) is 40.5 Å². The molecule has 7 heteroatoms. The molecule has 118 valence electrons. The Bertz CT molecular complexity index is 424. The summed E-state index contributed by atoms with van der Waals surface area (Å²) >= 11 is 0. The number of nitrogens with zero attached hydrogens (tertiary/aromatic N) is 1. The van der Waals surface area contributed by atoms with Crippen LogP contribution in [0.2, 0.25) is 0 Å². The number of rotatable bonds is 3. The second kappa shape index (κ2) is 6.30. The van der Waals surface area contributed by atoms with E-state index in [1.54, 1.807) is 27.7 Å². The Morgan fingerprint density at radius 1 is 1.35 bits per heavy atom. The van der Waals surface area contributed by atoms with Gasteiger partial charge in [-0.1, -0.05) is 0 Å². The fourth-order valence-electron chi connectivity index (χ4n) is 2.17. The van der Waals surface area contributed by atoms with Gasteiger partial charge in [-0.25, -0.2) is 13.2 Å². The molecule has 1 atom stereocenters. The van der Waals surface area contributed by atoms with E-state index in [1.165, 1.54) is 4.90 Å². The van der Waals surface area contributed by atoms with E-state index in [1.807, 2.05) is 0 Å². The first-order valence-electron chi connectivity index (χ1n) is 6.88. The first-order valence-corrected chi connectivity index (χ1v) is 8.70. The van der Waals surface area contributed by atoms with E-state index in [0.717, 1.165) is 0 Å². The first kappa shape index (κ1) is 17.2. The van der Waals surface area contributed by atoms with Crippen molar-refractivity contribution in [3.8, 4) is 0 Å². The normalized spacial score (nSPS) is 21.2. The van der Waals surface area contributed by atoms with Crippen molar-refractivity contribution in [2.24, 2.45) is 0 Å². The molecule has 20 heavy (non-hydrogen) atoms. The SMILES string of the molecule is CC(O)CN(C(=O)OC(C)(C)C)C1CCS(=O)(=O)CC1. The van der Waals surface area contributed by atoms with Gasteiger partial charge in [0.1, 0.15) is 15.4 Å². The average Bonchev–Trinajstić information content (AvgIpc) is 2.23. The maximum absolute atomic E-state index is 12.2. The number of carbonyl (C=O) groups excluding carboxylic acids is 1.